The maximum atomic E-state index is 10.2. The van der Waals surface area contributed by atoms with E-state index in [1.165, 1.54) is 0 Å². The highest BCUT2D eigenvalue weighted by Gasteiger charge is 1.98. The molecule has 1 fully saturated rings. The summed E-state index contributed by atoms with van der Waals surface area (Å²) in [6, 6.07) is 0. The molecule has 1 aliphatic rings. The molecule has 6 heteroatoms. The van der Waals surface area contributed by atoms with E-state index in [2.05, 4.69) is 10.6 Å². The molecule has 22 heavy (non-hydrogen) atoms. The first-order valence-corrected chi connectivity index (χ1v) is 8.48. The summed E-state index contributed by atoms with van der Waals surface area (Å²) in [6.07, 6.45) is 8.51. The molecule has 0 aromatic heterocycles. The van der Waals surface area contributed by atoms with Crippen LogP contribution in [0.2, 0.25) is 0 Å². The van der Waals surface area contributed by atoms with Gasteiger partial charge in [0.05, 0.1) is 0 Å². The van der Waals surface area contributed by atoms with Crippen LogP contribution in [0, 0.1) is 0 Å². The normalized spacial score (nSPS) is 14.0. The second kappa shape index (κ2) is 16.2. The van der Waals surface area contributed by atoms with Crippen molar-refractivity contribution in [3.63, 3.8) is 0 Å². The van der Waals surface area contributed by atoms with E-state index in [9.17, 15) is 9.59 Å². The fraction of sp³-hybridized carbons (Fsp3) is 0.875. The average molecular weight is 316 g/mol. The molecule has 130 valence electrons. The maximum Gasteiger partial charge on any atom is 0.303 e. The summed E-state index contributed by atoms with van der Waals surface area (Å²) < 4.78 is 0. The lowest BCUT2D eigenvalue weighted by Crippen LogP contribution is -2.39. The highest BCUT2D eigenvalue weighted by molar-refractivity contribution is 5.66. The van der Waals surface area contributed by atoms with Gasteiger partial charge < -0.3 is 20.8 Å². The van der Waals surface area contributed by atoms with Crippen LogP contribution in [0.25, 0.3) is 0 Å². The van der Waals surface area contributed by atoms with Crippen molar-refractivity contribution in [3.8, 4) is 0 Å². The van der Waals surface area contributed by atoms with E-state index < -0.39 is 11.9 Å². The molecular weight excluding hydrogens is 284 g/mol. The molecule has 0 spiro atoms. The number of nitrogens with one attached hydrogen (secondary N) is 2. The quantitative estimate of drug-likeness (QED) is 0.436. The van der Waals surface area contributed by atoms with Crippen LogP contribution in [-0.2, 0) is 9.59 Å². The molecule has 0 radical (unpaired) electrons. The van der Waals surface area contributed by atoms with Crippen molar-refractivity contribution in [2.45, 2.75) is 64.2 Å². The zero-order valence-corrected chi connectivity index (χ0v) is 13.6. The Morgan fingerprint density at radius 2 is 0.864 bits per heavy atom. The minimum absolute atomic E-state index is 0.276. The molecule has 0 bridgehead atoms. The van der Waals surface area contributed by atoms with Gasteiger partial charge in [0.25, 0.3) is 0 Å². The van der Waals surface area contributed by atoms with Crippen molar-refractivity contribution >= 4 is 11.9 Å². The largest absolute Gasteiger partial charge is 0.481 e. The summed E-state index contributed by atoms with van der Waals surface area (Å²) in [6.45, 7) is 4.56. The van der Waals surface area contributed by atoms with Crippen LogP contribution in [0.3, 0.4) is 0 Å². The average Bonchev–Trinajstić information content (AvgIpc) is 2.51. The second-order valence-electron chi connectivity index (χ2n) is 5.62. The van der Waals surface area contributed by atoms with Crippen LogP contribution >= 0.6 is 0 Å². The first-order chi connectivity index (χ1) is 10.6. The smallest absolute Gasteiger partial charge is 0.303 e. The number of aliphatic carboxylic acids is 2. The van der Waals surface area contributed by atoms with Crippen molar-refractivity contribution in [3.05, 3.63) is 0 Å². The van der Waals surface area contributed by atoms with Gasteiger partial charge in [0, 0.05) is 39.0 Å². The number of piperazine rings is 1. The van der Waals surface area contributed by atoms with Crippen molar-refractivity contribution in [1.82, 2.24) is 10.6 Å². The van der Waals surface area contributed by atoms with Gasteiger partial charge in [-0.1, -0.05) is 38.5 Å². The molecule has 0 aromatic rings. The molecule has 0 aromatic carbocycles. The fourth-order valence-corrected chi connectivity index (χ4v) is 2.22. The molecular formula is C16H32N2O4. The van der Waals surface area contributed by atoms with Crippen LogP contribution in [0.5, 0.6) is 0 Å². The molecule has 1 aliphatic heterocycles. The van der Waals surface area contributed by atoms with E-state index in [1.54, 1.807) is 0 Å². The number of unbranched alkanes of at least 4 members (excludes halogenated alkanes) is 7. The maximum absolute atomic E-state index is 10.2. The van der Waals surface area contributed by atoms with Crippen LogP contribution in [0.1, 0.15) is 64.2 Å². The van der Waals surface area contributed by atoms with Crippen molar-refractivity contribution in [1.29, 1.82) is 0 Å². The van der Waals surface area contributed by atoms with Gasteiger partial charge in [0.1, 0.15) is 0 Å². The third kappa shape index (κ3) is 18.9. The molecule has 4 N–H and O–H groups in total. The topological polar surface area (TPSA) is 98.7 Å². The molecule has 0 atom stereocenters. The number of hydrogen-bond acceptors (Lipinski definition) is 4. The number of carboxylic acids is 2. The van der Waals surface area contributed by atoms with Crippen LogP contribution < -0.4 is 10.6 Å². The summed E-state index contributed by atoms with van der Waals surface area (Å²) in [4.78, 5) is 20.4. The predicted octanol–water partition coefficient (Wildman–Crippen LogP) is 2.24. The van der Waals surface area contributed by atoms with Crippen LogP contribution in [0.15, 0.2) is 0 Å². The lowest BCUT2D eigenvalue weighted by molar-refractivity contribution is -0.138. The third-order valence-corrected chi connectivity index (χ3v) is 3.49. The van der Waals surface area contributed by atoms with Gasteiger partial charge in [-0.25, -0.2) is 0 Å². The van der Waals surface area contributed by atoms with Gasteiger partial charge in [-0.15, -0.1) is 0 Å². The Morgan fingerprint density at radius 3 is 1.09 bits per heavy atom. The Morgan fingerprint density at radius 1 is 0.591 bits per heavy atom. The molecule has 1 heterocycles. The lowest BCUT2D eigenvalue weighted by Gasteiger charge is -2.11. The van der Waals surface area contributed by atoms with Gasteiger partial charge in [-0.3, -0.25) is 9.59 Å². The highest BCUT2D eigenvalue weighted by Crippen LogP contribution is 2.10. The van der Waals surface area contributed by atoms with E-state index in [4.69, 9.17) is 10.2 Å². The highest BCUT2D eigenvalue weighted by atomic mass is 16.4. The van der Waals surface area contributed by atoms with Crippen molar-refractivity contribution < 1.29 is 19.8 Å². The second-order valence-corrected chi connectivity index (χ2v) is 5.62. The molecule has 0 aliphatic carbocycles. The summed E-state index contributed by atoms with van der Waals surface area (Å²) in [5.74, 6) is -1.43. The van der Waals surface area contributed by atoms with Gasteiger partial charge in [-0.05, 0) is 12.8 Å². The third-order valence-electron chi connectivity index (χ3n) is 3.49. The Kier molecular flexibility index (Phi) is 15.4. The molecule has 0 saturated carbocycles. The van der Waals surface area contributed by atoms with E-state index in [1.807, 2.05) is 0 Å². The summed E-state index contributed by atoms with van der Waals surface area (Å²) in [5, 5.41) is 23.3. The molecule has 1 rings (SSSR count). The van der Waals surface area contributed by atoms with E-state index in [0.717, 1.165) is 77.5 Å². The zero-order valence-electron chi connectivity index (χ0n) is 13.6. The Labute approximate surface area is 133 Å². The van der Waals surface area contributed by atoms with Gasteiger partial charge >= 0.3 is 11.9 Å². The summed E-state index contributed by atoms with van der Waals surface area (Å²) in [7, 11) is 0. The Balaban J connectivity index is 0.000000604. The lowest BCUT2D eigenvalue weighted by atomic mass is 10.1. The van der Waals surface area contributed by atoms with Gasteiger partial charge in [0.2, 0.25) is 0 Å². The monoisotopic (exact) mass is 316 g/mol. The molecule has 1 saturated heterocycles. The summed E-state index contributed by atoms with van der Waals surface area (Å²) in [5.41, 5.74) is 0. The SMILES string of the molecule is C1CNCCN1.O=C(O)CCCCCCCCCCC(=O)O. The van der Waals surface area contributed by atoms with Gasteiger partial charge in [0.15, 0.2) is 0 Å². The van der Waals surface area contributed by atoms with E-state index in [0.29, 0.717) is 0 Å². The van der Waals surface area contributed by atoms with E-state index in [-0.39, 0.29) is 12.8 Å². The fourth-order valence-electron chi connectivity index (χ4n) is 2.22. The first-order valence-electron chi connectivity index (χ1n) is 8.48. The predicted molar refractivity (Wildman–Crippen MR) is 87.2 cm³/mol. The zero-order chi connectivity index (χ0) is 16.5. The number of carboxylic acid groups (broad SMARTS) is 2. The molecule has 0 unspecified atom stereocenters. The van der Waals surface area contributed by atoms with E-state index >= 15 is 0 Å². The van der Waals surface area contributed by atoms with Crippen molar-refractivity contribution in [2.24, 2.45) is 0 Å². The van der Waals surface area contributed by atoms with Crippen LogP contribution in [-0.4, -0.2) is 48.3 Å². The molecule has 0 amide bonds. The Hall–Kier alpha value is -1.14. The number of hydrogen-bond donors (Lipinski definition) is 4. The number of rotatable bonds is 11. The minimum Gasteiger partial charge on any atom is -0.481 e. The van der Waals surface area contributed by atoms with Crippen molar-refractivity contribution in [2.75, 3.05) is 26.2 Å². The standard InChI is InChI=1S/C12H22O4.C4H10N2/c13-11(14)9-7-5-3-1-2-4-6-8-10-12(15)16;1-2-6-4-3-5-1/h1-10H2,(H,13,14)(H,15,16);5-6H,1-4H2. The van der Waals surface area contributed by atoms with Crippen LogP contribution in [0.4, 0.5) is 0 Å². The first kappa shape index (κ1) is 20.9. The minimum atomic E-state index is -0.714. The van der Waals surface area contributed by atoms with Gasteiger partial charge in [-0.2, -0.15) is 0 Å². The summed E-state index contributed by atoms with van der Waals surface area (Å²) >= 11 is 0. The Bertz CT molecular complexity index is 248. The number of carbonyl (C=O) groups is 2. The molecule has 6 nitrogen and oxygen atoms in total.